The summed E-state index contributed by atoms with van der Waals surface area (Å²) in [5.41, 5.74) is 2.42. The van der Waals surface area contributed by atoms with Crippen LogP contribution in [-0.2, 0) is 4.79 Å². The van der Waals surface area contributed by atoms with Crippen LogP contribution in [0.15, 0.2) is 60.9 Å². The Balaban J connectivity index is 1.27. The molecule has 9 heteroatoms. The molecule has 1 aliphatic heterocycles. The van der Waals surface area contributed by atoms with Crippen LogP contribution in [-0.4, -0.2) is 60.3 Å². The maximum Gasteiger partial charge on any atom is 0.303 e. The molecule has 1 aromatic carbocycles. The Morgan fingerprint density at radius 3 is 2.47 bits per heavy atom. The van der Waals surface area contributed by atoms with Gasteiger partial charge in [0.2, 0.25) is 5.88 Å². The maximum absolute atomic E-state index is 14.3. The predicted octanol–water partition coefficient (Wildman–Crippen LogP) is 6.83. The van der Waals surface area contributed by atoms with E-state index >= 15 is 0 Å². The molecule has 1 aliphatic carbocycles. The summed E-state index contributed by atoms with van der Waals surface area (Å²) in [7, 11) is 1.64. The number of benzene rings is 1. The minimum atomic E-state index is -0.770. The lowest BCUT2D eigenvalue weighted by Gasteiger charge is -2.36. The Morgan fingerprint density at radius 1 is 1.04 bits per heavy atom. The molecule has 0 radical (unpaired) electrons. The first-order valence-electron chi connectivity index (χ1n) is 16.1. The average Bonchev–Trinajstić information content (AvgIpc) is 3.91. The number of carbonyl (C=O) groups excluding carboxylic acids is 1. The number of nitrogens with zero attached hydrogens (tertiary/aromatic N) is 4. The van der Waals surface area contributed by atoms with Crippen molar-refractivity contribution in [3.8, 4) is 11.6 Å². The van der Waals surface area contributed by atoms with Crippen LogP contribution < -0.4 is 19.3 Å². The van der Waals surface area contributed by atoms with Crippen LogP contribution in [0.4, 0.5) is 11.5 Å². The second-order valence-corrected chi connectivity index (χ2v) is 13.2. The molecule has 1 saturated carbocycles. The van der Waals surface area contributed by atoms with E-state index in [1.807, 2.05) is 48.5 Å². The summed E-state index contributed by atoms with van der Waals surface area (Å²) in [6.45, 7) is 9.14. The van der Waals surface area contributed by atoms with Gasteiger partial charge in [0.05, 0.1) is 31.4 Å². The lowest BCUT2D eigenvalue weighted by Crippen LogP contribution is -2.41. The number of ether oxygens (including phenoxy) is 2. The fourth-order valence-corrected chi connectivity index (χ4v) is 6.06. The number of carbonyl (C=O) groups is 2. The largest absolute Gasteiger partial charge is 0.497 e. The summed E-state index contributed by atoms with van der Waals surface area (Å²) >= 11 is 0. The summed E-state index contributed by atoms with van der Waals surface area (Å²) in [5, 5.41) is 9.40. The highest BCUT2D eigenvalue weighted by molar-refractivity contribution is 6.09. The van der Waals surface area contributed by atoms with Crippen LogP contribution in [0, 0.1) is 17.3 Å². The Morgan fingerprint density at radius 2 is 1.82 bits per heavy atom. The van der Waals surface area contributed by atoms with E-state index in [-0.39, 0.29) is 23.7 Å². The van der Waals surface area contributed by atoms with Gasteiger partial charge in [0.15, 0.2) is 0 Å². The van der Waals surface area contributed by atoms with Crippen molar-refractivity contribution < 1.29 is 24.2 Å². The number of piperidine rings is 1. The van der Waals surface area contributed by atoms with E-state index in [9.17, 15) is 14.7 Å². The van der Waals surface area contributed by atoms with Gasteiger partial charge >= 0.3 is 5.97 Å². The third-order valence-electron chi connectivity index (χ3n) is 9.34. The normalized spacial score (nSPS) is 16.2. The topological polar surface area (TPSA) is 105 Å². The third-order valence-corrected chi connectivity index (χ3v) is 9.34. The van der Waals surface area contributed by atoms with Crippen molar-refractivity contribution in [2.24, 2.45) is 17.3 Å². The molecule has 2 aliphatic rings. The summed E-state index contributed by atoms with van der Waals surface area (Å²) < 4.78 is 11.7. The summed E-state index contributed by atoms with van der Waals surface area (Å²) in [4.78, 5) is 38.7. The zero-order chi connectivity index (χ0) is 32.0. The maximum atomic E-state index is 14.3. The number of anilines is 2. The lowest BCUT2D eigenvalue weighted by molar-refractivity contribution is -0.137. The zero-order valence-corrected chi connectivity index (χ0v) is 26.9. The second kappa shape index (κ2) is 14.3. The van der Waals surface area contributed by atoms with Crippen molar-refractivity contribution >= 4 is 23.4 Å². The van der Waals surface area contributed by atoms with Crippen LogP contribution in [0.3, 0.4) is 0 Å². The van der Waals surface area contributed by atoms with Gasteiger partial charge in [-0.1, -0.05) is 26.8 Å². The molecule has 1 N–H and O–H groups in total. The van der Waals surface area contributed by atoms with Gasteiger partial charge < -0.3 is 19.5 Å². The van der Waals surface area contributed by atoms with Crippen molar-refractivity contribution in [3.63, 3.8) is 0 Å². The number of hydrogen-bond acceptors (Lipinski definition) is 7. The van der Waals surface area contributed by atoms with E-state index in [1.165, 1.54) is 0 Å². The van der Waals surface area contributed by atoms with E-state index < -0.39 is 5.97 Å². The molecule has 0 bridgehead atoms. The molecule has 1 saturated heterocycles. The minimum absolute atomic E-state index is 0.0116. The molecule has 240 valence electrons. The van der Waals surface area contributed by atoms with Gasteiger partial charge in [-0.05, 0) is 91.2 Å². The zero-order valence-electron chi connectivity index (χ0n) is 26.9. The monoisotopic (exact) mass is 614 g/mol. The van der Waals surface area contributed by atoms with E-state index in [0.29, 0.717) is 48.0 Å². The van der Waals surface area contributed by atoms with Gasteiger partial charge in [0, 0.05) is 44.2 Å². The number of pyridine rings is 2. The molecule has 45 heavy (non-hydrogen) atoms. The molecule has 2 aromatic heterocycles. The molecule has 0 spiro atoms. The van der Waals surface area contributed by atoms with E-state index in [1.54, 1.807) is 24.4 Å². The minimum Gasteiger partial charge on any atom is -0.497 e. The number of carboxylic acids is 1. The first kappa shape index (κ1) is 32.3. The van der Waals surface area contributed by atoms with Gasteiger partial charge in [-0.3, -0.25) is 14.5 Å². The number of aromatic nitrogens is 2. The van der Waals surface area contributed by atoms with Crippen molar-refractivity contribution in [1.82, 2.24) is 9.97 Å². The summed E-state index contributed by atoms with van der Waals surface area (Å²) in [5.74, 6) is 1.85. The van der Waals surface area contributed by atoms with Gasteiger partial charge in [-0.2, -0.15) is 0 Å². The molecule has 5 rings (SSSR count). The standard InChI is InChI=1S/C36H46N4O5/c1-5-36(2,3)24-40(32-8-6-7-16-37-32)35(43)29-12-11-28(44-4)21-31(29)39-18-14-25(15-19-39)23-45-33-20-27(13-17-38-33)30(22-34(41)42)26-9-10-26/h6-8,11-13,16-17,20-21,25-26,30H,5,9-10,14-15,18-19,22-24H2,1-4H3,(H,41,42). The second-order valence-electron chi connectivity index (χ2n) is 13.2. The molecule has 2 fully saturated rings. The molecule has 3 heterocycles. The van der Waals surface area contributed by atoms with Crippen LogP contribution in [0.1, 0.15) is 81.1 Å². The van der Waals surface area contributed by atoms with Crippen molar-refractivity contribution in [3.05, 3.63) is 72.1 Å². The molecule has 1 atom stereocenters. The fourth-order valence-electron chi connectivity index (χ4n) is 6.06. The number of methoxy groups -OCH3 is 1. The van der Waals surface area contributed by atoms with Gasteiger partial charge in [-0.25, -0.2) is 9.97 Å². The highest BCUT2D eigenvalue weighted by atomic mass is 16.5. The number of carboxylic acid groups (broad SMARTS) is 1. The SMILES string of the molecule is CCC(C)(C)CN(C(=O)c1ccc(OC)cc1N1CCC(COc2cc(C(CC(=O)O)C3CC3)ccn2)CC1)c1ccccn1. The average molecular weight is 615 g/mol. The van der Waals surface area contributed by atoms with E-state index in [4.69, 9.17) is 9.47 Å². The van der Waals surface area contributed by atoms with Crippen molar-refractivity contribution in [2.75, 3.05) is 43.2 Å². The molecular formula is C36H46N4O5. The van der Waals surface area contributed by atoms with Gasteiger partial charge in [-0.15, -0.1) is 0 Å². The van der Waals surface area contributed by atoms with E-state index in [2.05, 4.69) is 35.6 Å². The predicted molar refractivity (Wildman–Crippen MR) is 175 cm³/mol. The van der Waals surface area contributed by atoms with Crippen LogP contribution in [0.2, 0.25) is 0 Å². The van der Waals surface area contributed by atoms with Crippen LogP contribution in [0.25, 0.3) is 0 Å². The third kappa shape index (κ3) is 8.32. The highest BCUT2D eigenvalue weighted by Gasteiger charge is 2.34. The fraction of sp³-hybridized carbons (Fsp3) is 0.500. The quantitative estimate of drug-likeness (QED) is 0.211. The first-order chi connectivity index (χ1) is 21.7. The molecule has 1 unspecified atom stereocenters. The Labute approximate surface area is 266 Å². The molecular weight excluding hydrogens is 568 g/mol. The van der Waals surface area contributed by atoms with Crippen LogP contribution in [0.5, 0.6) is 11.6 Å². The molecule has 9 nitrogen and oxygen atoms in total. The first-order valence-corrected chi connectivity index (χ1v) is 16.1. The summed E-state index contributed by atoms with van der Waals surface area (Å²) in [6.07, 6.45) is 8.48. The number of amides is 1. The highest BCUT2D eigenvalue weighted by Crippen LogP contribution is 2.45. The van der Waals surface area contributed by atoms with Gasteiger partial charge in [0.1, 0.15) is 11.6 Å². The molecule has 3 aromatic rings. The van der Waals surface area contributed by atoms with E-state index in [0.717, 1.165) is 56.4 Å². The Kier molecular flexibility index (Phi) is 10.3. The van der Waals surface area contributed by atoms with Crippen molar-refractivity contribution in [2.45, 2.75) is 65.2 Å². The van der Waals surface area contributed by atoms with Crippen LogP contribution >= 0.6 is 0 Å². The smallest absolute Gasteiger partial charge is 0.303 e. The van der Waals surface area contributed by atoms with Gasteiger partial charge in [0.25, 0.3) is 5.91 Å². The summed E-state index contributed by atoms with van der Waals surface area (Å²) in [6, 6.07) is 15.2. The Bertz CT molecular complexity index is 1450. The Hall–Kier alpha value is -4.14. The number of aliphatic carboxylic acids is 1. The number of rotatable bonds is 14. The molecule has 1 amide bonds. The number of hydrogen-bond donors (Lipinski definition) is 1. The van der Waals surface area contributed by atoms with Crippen molar-refractivity contribution in [1.29, 1.82) is 0 Å². The lowest BCUT2D eigenvalue weighted by atomic mass is 9.89.